The van der Waals surface area contributed by atoms with Crippen molar-refractivity contribution >= 4 is 11.0 Å². The number of hydrogen-bond donors (Lipinski definition) is 1. The van der Waals surface area contributed by atoms with Crippen LogP contribution in [0.1, 0.15) is 29.9 Å². The minimum Gasteiger partial charge on any atom is -0.316 e. The predicted molar refractivity (Wildman–Crippen MR) is 93.4 cm³/mol. The van der Waals surface area contributed by atoms with Crippen LogP contribution < -0.4 is 5.32 Å². The Bertz CT molecular complexity index is 779. The molecule has 23 heavy (non-hydrogen) atoms. The van der Waals surface area contributed by atoms with Crippen molar-refractivity contribution < 1.29 is 0 Å². The van der Waals surface area contributed by atoms with Gasteiger partial charge in [-0.2, -0.15) is 0 Å². The fraction of sp³-hybridized carbons (Fsp3) is 0.300. The fourth-order valence-electron chi connectivity index (χ4n) is 3.73. The van der Waals surface area contributed by atoms with Crippen LogP contribution in [-0.4, -0.2) is 23.1 Å². The monoisotopic (exact) mass is 303 g/mol. The maximum absolute atomic E-state index is 4.48. The van der Waals surface area contributed by atoms with E-state index in [1.165, 1.54) is 24.0 Å². The van der Waals surface area contributed by atoms with Gasteiger partial charge in [0.05, 0.1) is 11.0 Å². The van der Waals surface area contributed by atoms with Crippen molar-refractivity contribution in [2.75, 3.05) is 13.1 Å². The van der Waals surface area contributed by atoms with Crippen LogP contribution in [0.25, 0.3) is 11.0 Å². The summed E-state index contributed by atoms with van der Waals surface area (Å²) in [5, 5.41) is 3.56. The van der Waals surface area contributed by atoms with Gasteiger partial charge in [-0.05, 0) is 55.1 Å². The SMILES string of the molecule is c1ccc(C(c2ccc3nccnc3c2)C2CCCNC2)cc1. The second-order valence-electron chi connectivity index (χ2n) is 6.30. The van der Waals surface area contributed by atoms with Gasteiger partial charge in [-0.25, -0.2) is 0 Å². The van der Waals surface area contributed by atoms with E-state index in [2.05, 4.69) is 63.8 Å². The Morgan fingerprint density at radius 2 is 1.74 bits per heavy atom. The normalized spacial score (nSPS) is 19.6. The molecule has 0 spiro atoms. The minimum atomic E-state index is 0.412. The standard InChI is InChI=1S/C20H21N3/c1-2-5-15(6-3-1)20(17-7-4-10-21-14-17)16-8-9-18-19(13-16)23-12-11-22-18/h1-3,5-6,8-9,11-13,17,20-21H,4,7,10,14H2. The highest BCUT2D eigenvalue weighted by atomic mass is 14.9. The zero-order valence-electron chi connectivity index (χ0n) is 13.2. The molecule has 1 saturated heterocycles. The Morgan fingerprint density at radius 3 is 2.52 bits per heavy atom. The lowest BCUT2D eigenvalue weighted by molar-refractivity contribution is 0.346. The smallest absolute Gasteiger partial charge is 0.0889 e. The van der Waals surface area contributed by atoms with Crippen molar-refractivity contribution in [3.05, 3.63) is 72.1 Å². The number of piperidine rings is 1. The average Bonchev–Trinajstić information content (AvgIpc) is 2.64. The van der Waals surface area contributed by atoms with E-state index in [4.69, 9.17) is 0 Å². The van der Waals surface area contributed by atoms with Gasteiger partial charge < -0.3 is 5.32 Å². The molecule has 0 radical (unpaired) electrons. The highest BCUT2D eigenvalue weighted by molar-refractivity contribution is 5.74. The maximum atomic E-state index is 4.48. The van der Waals surface area contributed by atoms with E-state index in [1.54, 1.807) is 12.4 Å². The van der Waals surface area contributed by atoms with E-state index in [0.29, 0.717) is 11.8 Å². The number of aromatic nitrogens is 2. The van der Waals surface area contributed by atoms with Crippen LogP contribution in [0.2, 0.25) is 0 Å². The second-order valence-corrected chi connectivity index (χ2v) is 6.30. The van der Waals surface area contributed by atoms with Crippen molar-refractivity contribution in [1.29, 1.82) is 0 Å². The fourth-order valence-corrected chi connectivity index (χ4v) is 3.73. The third kappa shape index (κ3) is 2.97. The largest absolute Gasteiger partial charge is 0.316 e. The Balaban J connectivity index is 1.79. The molecule has 1 fully saturated rings. The lowest BCUT2D eigenvalue weighted by atomic mass is 9.77. The highest BCUT2D eigenvalue weighted by Crippen LogP contribution is 2.36. The molecule has 1 aliphatic rings. The summed E-state index contributed by atoms with van der Waals surface area (Å²) in [5.74, 6) is 1.04. The summed E-state index contributed by atoms with van der Waals surface area (Å²) in [4.78, 5) is 8.88. The van der Waals surface area contributed by atoms with Crippen LogP contribution in [0.3, 0.4) is 0 Å². The van der Waals surface area contributed by atoms with E-state index in [0.717, 1.165) is 24.1 Å². The summed E-state index contributed by atoms with van der Waals surface area (Å²) in [6.07, 6.45) is 6.04. The van der Waals surface area contributed by atoms with Gasteiger partial charge in [0.1, 0.15) is 0 Å². The zero-order chi connectivity index (χ0) is 15.5. The lowest BCUT2D eigenvalue weighted by Crippen LogP contribution is -2.33. The molecule has 0 aliphatic carbocycles. The van der Waals surface area contributed by atoms with Crippen molar-refractivity contribution in [2.45, 2.75) is 18.8 Å². The third-order valence-corrected chi connectivity index (χ3v) is 4.82. The molecule has 0 saturated carbocycles. The molecule has 3 aromatic rings. The first-order valence-corrected chi connectivity index (χ1v) is 8.38. The Morgan fingerprint density at radius 1 is 0.913 bits per heavy atom. The van der Waals surface area contributed by atoms with Gasteiger partial charge in [-0.3, -0.25) is 9.97 Å². The Hall–Kier alpha value is -2.26. The number of fused-ring (bicyclic) bond motifs is 1. The van der Waals surface area contributed by atoms with Crippen LogP contribution in [0.15, 0.2) is 60.9 Å². The van der Waals surface area contributed by atoms with Crippen LogP contribution in [0.4, 0.5) is 0 Å². The Kier molecular flexibility index (Phi) is 4.03. The summed E-state index contributed by atoms with van der Waals surface area (Å²) in [7, 11) is 0. The molecule has 2 unspecified atom stereocenters. The molecule has 3 nitrogen and oxygen atoms in total. The van der Waals surface area contributed by atoms with Gasteiger partial charge in [0.2, 0.25) is 0 Å². The molecule has 0 bridgehead atoms. The number of rotatable bonds is 3. The van der Waals surface area contributed by atoms with E-state index in [9.17, 15) is 0 Å². The molecule has 1 aromatic heterocycles. The summed E-state index contributed by atoms with van der Waals surface area (Å²) < 4.78 is 0. The Labute approximate surface area is 136 Å². The first-order valence-electron chi connectivity index (χ1n) is 8.38. The lowest BCUT2D eigenvalue weighted by Gasteiger charge is -2.31. The van der Waals surface area contributed by atoms with Crippen LogP contribution >= 0.6 is 0 Å². The molecule has 2 aromatic carbocycles. The first-order chi connectivity index (χ1) is 11.4. The van der Waals surface area contributed by atoms with E-state index in [1.807, 2.05) is 0 Å². The average molecular weight is 303 g/mol. The van der Waals surface area contributed by atoms with E-state index >= 15 is 0 Å². The van der Waals surface area contributed by atoms with Gasteiger partial charge >= 0.3 is 0 Å². The van der Waals surface area contributed by atoms with Crippen molar-refractivity contribution in [3.63, 3.8) is 0 Å². The molecule has 4 rings (SSSR count). The van der Waals surface area contributed by atoms with E-state index in [-0.39, 0.29) is 0 Å². The summed E-state index contributed by atoms with van der Waals surface area (Å²) in [6, 6.07) is 17.4. The molecule has 2 atom stereocenters. The zero-order valence-corrected chi connectivity index (χ0v) is 13.2. The van der Waals surface area contributed by atoms with Gasteiger partial charge in [-0.1, -0.05) is 36.4 Å². The maximum Gasteiger partial charge on any atom is 0.0889 e. The van der Waals surface area contributed by atoms with Crippen LogP contribution in [0, 0.1) is 5.92 Å². The first kappa shape index (κ1) is 14.3. The molecular formula is C20H21N3. The summed E-state index contributed by atoms with van der Waals surface area (Å²) >= 11 is 0. The quantitative estimate of drug-likeness (QED) is 0.800. The number of hydrogen-bond acceptors (Lipinski definition) is 3. The van der Waals surface area contributed by atoms with Crippen molar-refractivity contribution in [3.8, 4) is 0 Å². The second kappa shape index (κ2) is 6.47. The topological polar surface area (TPSA) is 37.8 Å². The van der Waals surface area contributed by atoms with Crippen LogP contribution in [-0.2, 0) is 0 Å². The molecule has 116 valence electrons. The van der Waals surface area contributed by atoms with E-state index < -0.39 is 0 Å². The molecule has 3 heteroatoms. The van der Waals surface area contributed by atoms with Gasteiger partial charge in [0.25, 0.3) is 0 Å². The number of benzene rings is 2. The number of nitrogens with one attached hydrogen (secondary N) is 1. The minimum absolute atomic E-state index is 0.412. The van der Waals surface area contributed by atoms with Crippen molar-refractivity contribution in [1.82, 2.24) is 15.3 Å². The van der Waals surface area contributed by atoms with Gasteiger partial charge in [0.15, 0.2) is 0 Å². The molecule has 0 amide bonds. The van der Waals surface area contributed by atoms with Gasteiger partial charge in [0, 0.05) is 18.3 Å². The summed E-state index contributed by atoms with van der Waals surface area (Å²) in [6.45, 7) is 2.22. The van der Waals surface area contributed by atoms with Gasteiger partial charge in [-0.15, -0.1) is 0 Å². The highest BCUT2D eigenvalue weighted by Gasteiger charge is 2.26. The predicted octanol–water partition coefficient (Wildman–Crippen LogP) is 3.76. The molecule has 1 N–H and O–H groups in total. The molecule has 1 aliphatic heterocycles. The van der Waals surface area contributed by atoms with Crippen LogP contribution in [0.5, 0.6) is 0 Å². The molecule has 2 heterocycles. The number of nitrogens with zero attached hydrogens (tertiary/aromatic N) is 2. The molecular weight excluding hydrogens is 282 g/mol. The summed E-state index contributed by atoms with van der Waals surface area (Å²) in [5.41, 5.74) is 4.68. The van der Waals surface area contributed by atoms with Crippen molar-refractivity contribution in [2.24, 2.45) is 5.92 Å². The third-order valence-electron chi connectivity index (χ3n) is 4.82.